The maximum atomic E-state index is 6.25. The average molecular weight is 366 g/mol. The lowest BCUT2D eigenvalue weighted by atomic mass is 9.99. The second-order valence-electron chi connectivity index (χ2n) is 5.15. The molecule has 1 fully saturated rings. The van der Waals surface area contributed by atoms with Gasteiger partial charge in [0, 0.05) is 16.6 Å². The van der Waals surface area contributed by atoms with Gasteiger partial charge in [-0.2, -0.15) is 0 Å². The molecular weight excluding hydrogens is 347 g/mol. The highest BCUT2D eigenvalue weighted by atomic mass is 79.9. The molecule has 2 atom stereocenters. The van der Waals surface area contributed by atoms with Crippen LogP contribution < -0.4 is 10.6 Å². The lowest BCUT2D eigenvalue weighted by Crippen LogP contribution is -2.37. The maximum Gasteiger partial charge on any atom is 0.0835 e. The number of benzene rings is 1. The third-order valence-electron chi connectivity index (χ3n) is 3.49. The molecule has 5 heteroatoms. The van der Waals surface area contributed by atoms with E-state index in [1.807, 2.05) is 12.1 Å². The maximum absolute atomic E-state index is 6.25. The first-order chi connectivity index (χ1) is 9.08. The second-order valence-corrected chi connectivity index (χ2v) is 6.76. The summed E-state index contributed by atoms with van der Waals surface area (Å²) in [6.45, 7) is 3.32. The van der Waals surface area contributed by atoms with Crippen LogP contribution in [0.2, 0.25) is 10.0 Å². The molecule has 2 nitrogen and oxygen atoms in total. The van der Waals surface area contributed by atoms with Crippen molar-refractivity contribution in [2.45, 2.75) is 44.7 Å². The molecule has 106 valence electrons. The molecule has 2 unspecified atom stereocenters. The van der Waals surface area contributed by atoms with Crippen molar-refractivity contribution in [2.24, 2.45) is 0 Å². The van der Waals surface area contributed by atoms with E-state index in [1.165, 1.54) is 19.3 Å². The molecule has 0 bridgehead atoms. The fourth-order valence-corrected chi connectivity index (χ4v) is 3.34. The predicted octanol–water partition coefficient (Wildman–Crippen LogP) is 5.09. The van der Waals surface area contributed by atoms with Crippen LogP contribution in [-0.2, 0) is 0 Å². The Labute approximate surface area is 133 Å². The van der Waals surface area contributed by atoms with Crippen LogP contribution in [0.4, 0.5) is 5.69 Å². The number of rotatable bonds is 4. The molecule has 1 aromatic rings. The largest absolute Gasteiger partial charge is 0.381 e. The summed E-state index contributed by atoms with van der Waals surface area (Å²) in [6.07, 6.45) is 4.99. The molecule has 2 rings (SSSR count). The molecule has 2 N–H and O–H groups in total. The van der Waals surface area contributed by atoms with Crippen LogP contribution in [0.1, 0.15) is 32.6 Å². The Morgan fingerprint density at radius 1 is 1.37 bits per heavy atom. The van der Waals surface area contributed by atoms with Crippen molar-refractivity contribution >= 4 is 44.8 Å². The minimum Gasteiger partial charge on any atom is -0.381 e. The van der Waals surface area contributed by atoms with E-state index >= 15 is 0 Å². The Bertz CT molecular complexity index is 434. The van der Waals surface area contributed by atoms with E-state index in [0.29, 0.717) is 22.1 Å². The predicted molar refractivity (Wildman–Crippen MR) is 87.5 cm³/mol. The Morgan fingerprint density at radius 2 is 2.16 bits per heavy atom. The molecule has 1 saturated heterocycles. The molecular formula is C14H19BrCl2N2. The van der Waals surface area contributed by atoms with Crippen LogP contribution in [0.3, 0.4) is 0 Å². The van der Waals surface area contributed by atoms with Gasteiger partial charge in [-0.05, 0) is 60.8 Å². The Balaban J connectivity index is 1.94. The van der Waals surface area contributed by atoms with Crippen LogP contribution in [0.25, 0.3) is 0 Å². The molecule has 0 radical (unpaired) electrons. The van der Waals surface area contributed by atoms with E-state index in [0.717, 1.165) is 23.1 Å². The average Bonchev–Trinajstić information content (AvgIpc) is 2.41. The number of nitrogens with one attached hydrogen (secondary N) is 2. The Morgan fingerprint density at radius 3 is 2.84 bits per heavy atom. The molecule has 1 aliphatic rings. The summed E-state index contributed by atoms with van der Waals surface area (Å²) in [6, 6.07) is 4.86. The van der Waals surface area contributed by atoms with Crippen LogP contribution >= 0.6 is 39.1 Å². The molecule has 0 amide bonds. The number of hydrogen-bond acceptors (Lipinski definition) is 2. The van der Waals surface area contributed by atoms with Gasteiger partial charge in [0.05, 0.1) is 15.7 Å². The topological polar surface area (TPSA) is 24.1 Å². The first kappa shape index (κ1) is 15.4. The first-order valence-corrected chi connectivity index (χ1v) is 8.26. The fraction of sp³-hybridized carbons (Fsp3) is 0.571. The number of anilines is 1. The van der Waals surface area contributed by atoms with Gasteiger partial charge in [-0.3, -0.25) is 0 Å². The number of halogens is 3. The zero-order valence-corrected chi connectivity index (χ0v) is 14.1. The van der Waals surface area contributed by atoms with Gasteiger partial charge in [0.25, 0.3) is 0 Å². The molecule has 0 saturated carbocycles. The summed E-state index contributed by atoms with van der Waals surface area (Å²) in [5, 5.41) is 8.16. The van der Waals surface area contributed by atoms with Gasteiger partial charge in [0.15, 0.2) is 0 Å². The normalized spacial score (nSPS) is 21.2. The molecule has 1 aromatic carbocycles. The van der Waals surface area contributed by atoms with Crippen LogP contribution in [0, 0.1) is 0 Å². The van der Waals surface area contributed by atoms with Crippen molar-refractivity contribution in [2.75, 3.05) is 11.9 Å². The number of piperidine rings is 1. The molecule has 19 heavy (non-hydrogen) atoms. The van der Waals surface area contributed by atoms with Gasteiger partial charge >= 0.3 is 0 Å². The molecule has 1 heterocycles. The Hall–Kier alpha value is 0.0400. The Kier molecular flexibility index (Phi) is 5.82. The monoisotopic (exact) mass is 364 g/mol. The summed E-state index contributed by atoms with van der Waals surface area (Å²) < 4.78 is 0.825. The third kappa shape index (κ3) is 4.25. The van der Waals surface area contributed by atoms with E-state index in [4.69, 9.17) is 23.2 Å². The lowest BCUT2D eigenvalue weighted by molar-refractivity contribution is 0.371. The van der Waals surface area contributed by atoms with E-state index in [1.54, 1.807) is 0 Å². The van der Waals surface area contributed by atoms with Crippen molar-refractivity contribution in [3.05, 3.63) is 26.7 Å². The zero-order valence-electron chi connectivity index (χ0n) is 11.0. The van der Waals surface area contributed by atoms with Crippen LogP contribution in [0.15, 0.2) is 16.6 Å². The summed E-state index contributed by atoms with van der Waals surface area (Å²) in [5.74, 6) is 0. The highest BCUT2D eigenvalue weighted by Gasteiger charge is 2.17. The fourth-order valence-electron chi connectivity index (χ4n) is 2.51. The van der Waals surface area contributed by atoms with Crippen molar-refractivity contribution < 1.29 is 0 Å². The van der Waals surface area contributed by atoms with Crippen molar-refractivity contribution in [3.8, 4) is 0 Å². The first-order valence-electron chi connectivity index (χ1n) is 6.71. The van der Waals surface area contributed by atoms with Gasteiger partial charge in [-0.1, -0.05) is 29.6 Å². The molecule has 0 aromatic heterocycles. The third-order valence-corrected chi connectivity index (χ3v) is 5.26. The van der Waals surface area contributed by atoms with Crippen LogP contribution in [0.5, 0.6) is 0 Å². The standard InChI is InChI=1S/C14H19BrCl2N2/c1-9(8-10-4-2-3-7-18-10)19-12-6-5-11(15)13(16)14(12)17/h5-6,9-10,18-19H,2-4,7-8H2,1H3. The molecule has 1 aliphatic heterocycles. The second kappa shape index (κ2) is 7.16. The van der Waals surface area contributed by atoms with Crippen LogP contribution in [-0.4, -0.2) is 18.6 Å². The SMILES string of the molecule is CC(CC1CCCCN1)Nc1ccc(Br)c(Cl)c1Cl. The van der Waals surface area contributed by atoms with Gasteiger partial charge in [0.2, 0.25) is 0 Å². The summed E-state index contributed by atoms with van der Waals surface area (Å²) in [5.41, 5.74) is 0.901. The van der Waals surface area contributed by atoms with Gasteiger partial charge in [0.1, 0.15) is 0 Å². The highest BCUT2D eigenvalue weighted by molar-refractivity contribution is 9.10. The van der Waals surface area contributed by atoms with Gasteiger partial charge < -0.3 is 10.6 Å². The van der Waals surface area contributed by atoms with E-state index in [9.17, 15) is 0 Å². The van der Waals surface area contributed by atoms with Gasteiger partial charge in [-0.25, -0.2) is 0 Å². The summed E-state index contributed by atoms with van der Waals surface area (Å²) in [7, 11) is 0. The number of hydrogen-bond donors (Lipinski definition) is 2. The molecule has 0 aliphatic carbocycles. The molecule has 0 spiro atoms. The van der Waals surface area contributed by atoms with E-state index in [2.05, 4.69) is 33.5 Å². The van der Waals surface area contributed by atoms with Gasteiger partial charge in [-0.15, -0.1) is 0 Å². The smallest absolute Gasteiger partial charge is 0.0835 e. The van der Waals surface area contributed by atoms with Crippen molar-refractivity contribution in [1.29, 1.82) is 0 Å². The quantitative estimate of drug-likeness (QED) is 0.726. The van der Waals surface area contributed by atoms with E-state index in [-0.39, 0.29) is 0 Å². The lowest BCUT2D eigenvalue weighted by Gasteiger charge is -2.27. The minimum atomic E-state index is 0.366. The zero-order chi connectivity index (χ0) is 13.8. The summed E-state index contributed by atoms with van der Waals surface area (Å²) >= 11 is 15.7. The van der Waals surface area contributed by atoms with Crippen molar-refractivity contribution in [1.82, 2.24) is 5.32 Å². The van der Waals surface area contributed by atoms with Crippen molar-refractivity contribution in [3.63, 3.8) is 0 Å². The minimum absolute atomic E-state index is 0.366. The summed E-state index contributed by atoms with van der Waals surface area (Å²) in [4.78, 5) is 0. The van der Waals surface area contributed by atoms with E-state index < -0.39 is 0 Å². The highest BCUT2D eigenvalue weighted by Crippen LogP contribution is 2.36.